The van der Waals surface area contributed by atoms with Gasteiger partial charge >= 0.3 is 5.97 Å². The van der Waals surface area contributed by atoms with Crippen LogP contribution in [0.25, 0.3) is 0 Å². The summed E-state index contributed by atoms with van der Waals surface area (Å²) in [6.45, 7) is 1.87. The van der Waals surface area contributed by atoms with Crippen LogP contribution >= 0.6 is 11.3 Å². The highest BCUT2D eigenvalue weighted by Crippen LogP contribution is 2.41. The maximum absolute atomic E-state index is 11.4. The van der Waals surface area contributed by atoms with Gasteiger partial charge in [0.2, 0.25) is 0 Å². The van der Waals surface area contributed by atoms with E-state index in [1.54, 1.807) is 0 Å². The summed E-state index contributed by atoms with van der Waals surface area (Å²) in [5, 5.41) is 0.867. The number of methoxy groups -OCH3 is 1. The number of aryl methyl sites for hydroxylation is 1. The highest BCUT2D eigenvalue weighted by molar-refractivity contribution is 7.12. The normalized spacial score (nSPS) is 18.3. The number of esters is 1. The summed E-state index contributed by atoms with van der Waals surface area (Å²) in [6.07, 6.45) is 3.06. The summed E-state index contributed by atoms with van der Waals surface area (Å²) in [4.78, 5) is 16.5. The highest BCUT2D eigenvalue weighted by atomic mass is 32.1. The average Bonchev–Trinajstić information content (AvgIpc) is 2.56. The zero-order chi connectivity index (χ0) is 11.1. The first-order chi connectivity index (χ1) is 7.07. The van der Waals surface area contributed by atoms with E-state index in [1.165, 1.54) is 18.4 Å². The van der Waals surface area contributed by atoms with Crippen LogP contribution in [0.4, 0.5) is 0 Å². The molecule has 1 aliphatic rings. The van der Waals surface area contributed by atoms with Crippen LogP contribution < -0.4 is 5.73 Å². The number of hydrogen-bond donors (Lipinski definition) is 1. The Morgan fingerprint density at radius 3 is 2.73 bits per heavy atom. The third kappa shape index (κ3) is 1.66. The van der Waals surface area contributed by atoms with E-state index in [0.29, 0.717) is 5.69 Å². The number of ether oxygens (including phenoxy) is 1. The minimum atomic E-state index is -0.377. The number of hydrogen-bond acceptors (Lipinski definition) is 5. The monoisotopic (exact) mass is 226 g/mol. The van der Waals surface area contributed by atoms with Crippen molar-refractivity contribution in [2.45, 2.75) is 31.7 Å². The van der Waals surface area contributed by atoms with Gasteiger partial charge in [-0.2, -0.15) is 0 Å². The number of carbonyl (C=O) groups excluding carboxylic acids is 1. The highest BCUT2D eigenvalue weighted by Gasteiger charge is 2.38. The van der Waals surface area contributed by atoms with Gasteiger partial charge in [0.15, 0.2) is 5.69 Å². The molecule has 1 aromatic heterocycles. The summed E-state index contributed by atoms with van der Waals surface area (Å²) in [7, 11) is 1.36. The minimum absolute atomic E-state index is 0.290. The van der Waals surface area contributed by atoms with E-state index < -0.39 is 0 Å². The van der Waals surface area contributed by atoms with Crippen LogP contribution in [0.3, 0.4) is 0 Å². The Kier molecular flexibility index (Phi) is 2.52. The molecule has 2 rings (SSSR count). The lowest BCUT2D eigenvalue weighted by molar-refractivity contribution is 0.0593. The zero-order valence-electron chi connectivity index (χ0n) is 8.87. The fourth-order valence-corrected chi connectivity index (χ4v) is 2.73. The van der Waals surface area contributed by atoms with Gasteiger partial charge in [-0.3, -0.25) is 0 Å². The van der Waals surface area contributed by atoms with Crippen LogP contribution in [0.5, 0.6) is 0 Å². The van der Waals surface area contributed by atoms with Gasteiger partial charge < -0.3 is 10.5 Å². The standard InChI is InChI=1S/C10H14N2O2S/c1-6-7(8(13)14-2)12-9(15-6)10(11)4-3-5-10/h3-5,11H2,1-2H3. The van der Waals surface area contributed by atoms with Gasteiger partial charge in [0.25, 0.3) is 0 Å². The first-order valence-electron chi connectivity index (χ1n) is 4.92. The second-order valence-electron chi connectivity index (χ2n) is 3.93. The predicted molar refractivity (Wildman–Crippen MR) is 57.9 cm³/mol. The molecule has 0 bridgehead atoms. The van der Waals surface area contributed by atoms with Gasteiger partial charge in [0.1, 0.15) is 5.01 Å². The summed E-state index contributed by atoms with van der Waals surface area (Å²) in [5.41, 5.74) is 6.27. The Morgan fingerprint density at radius 2 is 2.27 bits per heavy atom. The molecule has 0 saturated heterocycles. The van der Waals surface area contributed by atoms with E-state index in [4.69, 9.17) is 5.73 Å². The summed E-state index contributed by atoms with van der Waals surface area (Å²) in [6, 6.07) is 0. The molecule has 1 aromatic rings. The van der Waals surface area contributed by atoms with Crippen LogP contribution in [-0.4, -0.2) is 18.1 Å². The quantitative estimate of drug-likeness (QED) is 0.777. The van der Waals surface area contributed by atoms with E-state index in [9.17, 15) is 4.79 Å². The molecule has 1 saturated carbocycles. The number of rotatable bonds is 2. The van der Waals surface area contributed by atoms with E-state index in [1.807, 2.05) is 6.92 Å². The fourth-order valence-electron chi connectivity index (χ4n) is 1.67. The molecule has 4 nitrogen and oxygen atoms in total. The molecule has 0 unspecified atom stereocenters. The van der Waals surface area contributed by atoms with Gasteiger partial charge in [-0.1, -0.05) is 0 Å². The Bertz CT molecular complexity index is 396. The van der Waals surface area contributed by atoms with Crippen LogP contribution in [0.2, 0.25) is 0 Å². The fraction of sp³-hybridized carbons (Fsp3) is 0.600. The summed E-state index contributed by atoms with van der Waals surface area (Å²) in [5.74, 6) is -0.377. The Labute approximate surface area is 92.5 Å². The topological polar surface area (TPSA) is 65.2 Å². The molecule has 1 heterocycles. The molecule has 15 heavy (non-hydrogen) atoms. The molecule has 1 aliphatic carbocycles. The van der Waals surface area contributed by atoms with Crippen molar-refractivity contribution in [3.8, 4) is 0 Å². The Morgan fingerprint density at radius 1 is 1.60 bits per heavy atom. The molecule has 0 radical (unpaired) electrons. The summed E-state index contributed by atoms with van der Waals surface area (Å²) < 4.78 is 4.66. The molecule has 0 atom stereocenters. The van der Waals surface area contributed by atoms with Gasteiger partial charge in [0.05, 0.1) is 12.6 Å². The predicted octanol–water partition coefficient (Wildman–Crippen LogP) is 1.58. The Hall–Kier alpha value is -0.940. The molecule has 0 spiro atoms. The van der Waals surface area contributed by atoms with E-state index in [0.717, 1.165) is 29.1 Å². The number of thiazole rings is 1. The van der Waals surface area contributed by atoms with Crippen LogP contribution in [0.1, 0.15) is 39.6 Å². The van der Waals surface area contributed by atoms with Crippen molar-refractivity contribution in [1.29, 1.82) is 0 Å². The molecule has 1 fully saturated rings. The van der Waals surface area contributed by atoms with Crippen molar-refractivity contribution in [2.75, 3.05) is 7.11 Å². The molecular formula is C10H14N2O2S. The lowest BCUT2D eigenvalue weighted by Crippen LogP contribution is -2.43. The second kappa shape index (κ2) is 3.57. The maximum Gasteiger partial charge on any atom is 0.357 e. The smallest absolute Gasteiger partial charge is 0.357 e. The largest absolute Gasteiger partial charge is 0.464 e. The van der Waals surface area contributed by atoms with E-state index in [-0.39, 0.29) is 11.5 Å². The zero-order valence-corrected chi connectivity index (χ0v) is 9.69. The number of carbonyl (C=O) groups is 1. The van der Waals surface area contributed by atoms with Crippen LogP contribution in [0, 0.1) is 6.92 Å². The molecule has 0 aliphatic heterocycles. The number of nitrogens with two attached hydrogens (primary N) is 1. The molecule has 82 valence electrons. The third-order valence-electron chi connectivity index (χ3n) is 2.85. The molecule has 0 amide bonds. The van der Waals surface area contributed by atoms with Crippen LogP contribution in [-0.2, 0) is 10.3 Å². The van der Waals surface area contributed by atoms with E-state index in [2.05, 4.69) is 9.72 Å². The van der Waals surface area contributed by atoms with Crippen molar-refractivity contribution in [1.82, 2.24) is 4.98 Å². The molecule has 5 heteroatoms. The van der Waals surface area contributed by atoms with Gasteiger partial charge in [-0.05, 0) is 26.2 Å². The van der Waals surface area contributed by atoms with Crippen molar-refractivity contribution >= 4 is 17.3 Å². The average molecular weight is 226 g/mol. The molecule has 0 aromatic carbocycles. The van der Waals surface area contributed by atoms with Crippen molar-refractivity contribution in [3.05, 3.63) is 15.6 Å². The third-order valence-corrected chi connectivity index (χ3v) is 4.04. The lowest BCUT2D eigenvalue weighted by Gasteiger charge is -2.35. The molecular weight excluding hydrogens is 212 g/mol. The first-order valence-corrected chi connectivity index (χ1v) is 5.73. The van der Waals surface area contributed by atoms with Crippen LogP contribution in [0.15, 0.2) is 0 Å². The maximum atomic E-state index is 11.4. The minimum Gasteiger partial charge on any atom is -0.464 e. The number of aromatic nitrogens is 1. The van der Waals surface area contributed by atoms with Gasteiger partial charge in [0, 0.05) is 4.88 Å². The van der Waals surface area contributed by atoms with E-state index >= 15 is 0 Å². The second-order valence-corrected chi connectivity index (χ2v) is 5.13. The molecule has 2 N–H and O–H groups in total. The van der Waals surface area contributed by atoms with Crippen molar-refractivity contribution in [2.24, 2.45) is 5.73 Å². The lowest BCUT2D eigenvalue weighted by atomic mass is 9.78. The Balaban J connectivity index is 2.32. The SMILES string of the molecule is COC(=O)c1nc(C2(N)CCC2)sc1C. The van der Waals surface area contributed by atoms with Gasteiger partial charge in [-0.25, -0.2) is 9.78 Å². The summed E-state index contributed by atoms with van der Waals surface area (Å²) >= 11 is 1.50. The van der Waals surface area contributed by atoms with Gasteiger partial charge in [-0.15, -0.1) is 11.3 Å². The first kappa shape index (κ1) is 10.6. The van der Waals surface area contributed by atoms with Crippen molar-refractivity contribution in [3.63, 3.8) is 0 Å². The number of nitrogens with zero attached hydrogens (tertiary/aromatic N) is 1. The van der Waals surface area contributed by atoms with Crippen molar-refractivity contribution < 1.29 is 9.53 Å².